The molecule has 1 N–H and O–H groups in total. The van der Waals surface area contributed by atoms with E-state index in [1.165, 1.54) is 12.7 Å². The van der Waals surface area contributed by atoms with Gasteiger partial charge >= 0.3 is 5.24 Å². The summed E-state index contributed by atoms with van der Waals surface area (Å²) in [6, 6.07) is 4.21. The minimum atomic E-state index is -0.600. The summed E-state index contributed by atoms with van der Waals surface area (Å²) in [6.07, 6.45) is 1.52. The second kappa shape index (κ2) is 6.93. The molecule has 1 aromatic carbocycles. The van der Waals surface area contributed by atoms with Crippen LogP contribution in [0.1, 0.15) is 49.4 Å². The van der Waals surface area contributed by atoms with Crippen LogP contribution in [0.4, 0.5) is 0 Å². The number of carbonyl (C=O) groups excluding carboxylic acids is 1. The summed E-state index contributed by atoms with van der Waals surface area (Å²) < 4.78 is 10.8. The van der Waals surface area contributed by atoms with Gasteiger partial charge in [-0.3, -0.25) is 4.79 Å². The molecule has 0 spiro atoms. The van der Waals surface area contributed by atoms with Crippen molar-refractivity contribution >= 4 is 28.9 Å². The van der Waals surface area contributed by atoms with E-state index in [1.54, 1.807) is 0 Å². The molecule has 0 saturated carbocycles. The molecule has 1 aromatic rings. The lowest BCUT2D eigenvalue weighted by Gasteiger charge is -2.26. The fraction of sp³-hybridized carbons (Fsp3) is 0.474. The maximum atomic E-state index is 12.8. The maximum Gasteiger partial charge on any atom is 0.357 e. The summed E-state index contributed by atoms with van der Waals surface area (Å²) in [4.78, 5) is 12.8. The van der Waals surface area contributed by atoms with Gasteiger partial charge in [0, 0.05) is 12.2 Å². The molecule has 1 amide bonds. The molecule has 5 heteroatoms. The summed E-state index contributed by atoms with van der Waals surface area (Å²) in [5, 5.41) is 3.06. The fourth-order valence-corrected chi connectivity index (χ4v) is 3.29. The average molecular weight is 347 g/mol. The summed E-state index contributed by atoms with van der Waals surface area (Å²) in [6.45, 7) is 10.1. The lowest BCUT2D eigenvalue weighted by molar-refractivity contribution is -0.116. The number of hydrogen-bond donors (Lipinski definition) is 1. The molecule has 0 aliphatic carbocycles. The van der Waals surface area contributed by atoms with Crippen LogP contribution in [0.2, 0.25) is 0 Å². The Morgan fingerprint density at radius 3 is 2.50 bits per heavy atom. The molecule has 1 aliphatic heterocycles. The molecule has 2 rings (SSSR count). The fourth-order valence-electron chi connectivity index (χ4n) is 3.21. The second-order valence-electron chi connectivity index (χ2n) is 6.37. The zero-order chi connectivity index (χ0) is 18.1. The molecule has 0 radical (unpaired) electrons. The van der Waals surface area contributed by atoms with Crippen LogP contribution in [0, 0.1) is 13.8 Å². The van der Waals surface area contributed by atoms with E-state index in [0.717, 1.165) is 23.1 Å². The number of nitrogens with one attached hydrogen (secondary N) is 1. The van der Waals surface area contributed by atoms with Gasteiger partial charge in [0.2, 0.25) is 0 Å². The number of carbonyl (C=O) groups is 1. The van der Waals surface area contributed by atoms with Crippen LogP contribution < -0.4 is 5.32 Å². The van der Waals surface area contributed by atoms with Gasteiger partial charge in [-0.05, 0) is 50.3 Å². The Labute approximate surface area is 149 Å². The molecule has 4 nitrogen and oxygen atoms in total. The lowest BCUT2D eigenvalue weighted by Crippen LogP contribution is -2.41. The van der Waals surface area contributed by atoms with Crippen molar-refractivity contribution in [2.75, 3.05) is 7.11 Å². The topological polar surface area (TPSA) is 47.6 Å². The summed E-state index contributed by atoms with van der Waals surface area (Å²) in [5.74, 6) is 0.415. The molecule has 1 aliphatic rings. The largest absolute Gasteiger partial charge is 0.460 e. The molecule has 0 fully saturated rings. The molecule has 0 bridgehead atoms. The second-order valence-corrected chi connectivity index (χ2v) is 6.70. The van der Waals surface area contributed by atoms with Gasteiger partial charge < -0.3 is 14.8 Å². The van der Waals surface area contributed by atoms with E-state index in [4.69, 9.17) is 21.7 Å². The summed E-state index contributed by atoms with van der Waals surface area (Å²) >= 11 is 5.08. The monoisotopic (exact) mass is 347 g/mol. The number of rotatable bonds is 4. The van der Waals surface area contributed by atoms with Crippen molar-refractivity contribution < 1.29 is 14.3 Å². The van der Waals surface area contributed by atoms with Crippen LogP contribution in [0.3, 0.4) is 0 Å². The quantitative estimate of drug-likeness (QED) is 0.841. The third-order valence-corrected chi connectivity index (χ3v) is 4.85. The number of benzene rings is 1. The van der Waals surface area contributed by atoms with Crippen LogP contribution in [0.25, 0.3) is 5.57 Å². The van der Waals surface area contributed by atoms with Gasteiger partial charge in [-0.25, -0.2) is 0 Å². The van der Waals surface area contributed by atoms with E-state index in [9.17, 15) is 4.79 Å². The Morgan fingerprint density at radius 2 is 1.96 bits per heavy atom. The SMILES string of the molecule is CCc1cc(C)cc(C)c1C1=C(OC(=S)OC)C(C)(CC)NC1=O. The van der Waals surface area contributed by atoms with Crippen LogP contribution in [-0.2, 0) is 20.7 Å². The van der Waals surface area contributed by atoms with Gasteiger partial charge in [0.05, 0.1) is 18.2 Å². The number of thiocarbonyl (C=S) groups is 1. The zero-order valence-electron chi connectivity index (χ0n) is 15.2. The van der Waals surface area contributed by atoms with Gasteiger partial charge in [0.25, 0.3) is 5.91 Å². The highest BCUT2D eigenvalue weighted by Crippen LogP contribution is 2.39. The first kappa shape index (κ1) is 18.5. The van der Waals surface area contributed by atoms with E-state index in [-0.39, 0.29) is 11.1 Å². The van der Waals surface area contributed by atoms with Crippen molar-refractivity contribution in [1.82, 2.24) is 5.32 Å². The number of amides is 1. The van der Waals surface area contributed by atoms with E-state index >= 15 is 0 Å². The van der Waals surface area contributed by atoms with Crippen LogP contribution in [-0.4, -0.2) is 23.8 Å². The van der Waals surface area contributed by atoms with E-state index in [2.05, 4.69) is 31.3 Å². The first-order valence-corrected chi connectivity index (χ1v) is 8.61. The summed E-state index contributed by atoms with van der Waals surface area (Å²) in [5.41, 5.74) is 4.27. The Bertz CT molecular complexity index is 724. The van der Waals surface area contributed by atoms with Crippen LogP contribution >= 0.6 is 12.2 Å². The van der Waals surface area contributed by atoms with E-state index < -0.39 is 5.54 Å². The highest BCUT2D eigenvalue weighted by atomic mass is 32.1. The number of aryl methyl sites for hydroxylation is 3. The highest BCUT2D eigenvalue weighted by molar-refractivity contribution is 7.79. The standard InChI is InChI=1S/C19H25NO3S/c1-7-13-10-11(3)9-12(4)14(13)15-16(23-18(24)22-6)19(5,8-2)20-17(15)21/h9-10H,7-8H2,1-6H3,(H,20,21). The lowest BCUT2D eigenvalue weighted by atomic mass is 9.89. The van der Waals surface area contributed by atoms with Crippen molar-refractivity contribution in [2.45, 2.75) is 53.0 Å². The molecule has 0 saturated heterocycles. The van der Waals surface area contributed by atoms with Gasteiger partial charge in [-0.1, -0.05) is 31.5 Å². The third-order valence-electron chi connectivity index (χ3n) is 4.60. The molecule has 0 aromatic heterocycles. The van der Waals surface area contributed by atoms with E-state index in [0.29, 0.717) is 17.8 Å². The number of hydrogen-bond acceptors (Lipinski definition) is 4. The number of methoxy groups -OCH3 is 1. The molecular weight excluding hydrogens is 322 g/mol. The normalized spacial score (nSPS) is 20.2. The predicted octanol–water partition coefficient (Wildman–Crippen LogP) is 3.82. The Hall–Kier alpha value is -1.88. The van der Waals surface area contributed by atoms with E-state index in [1.807, 2.05) is 20.8 Å². The third kappa shape index (κ3) is 3.18. The average Bonchev–Trinajstić information content (AvgIpc) is 2.78. The highest BCUT2D eigenvalue weighted by Gasteiger charge is 2.44. The van der Waals surface area contributed by atoms with Crippen molar-refractivity contribution in [1.29, 1.82) is 0 Å². The minimum absolute atomic E-state index is 0.0153. The zero-order valence-corrected chi connectivity index (χ0v) is 16.0. The molecule has 24 heavy (non-hydrogen) atoms. The molecular formula is C19H25NO3S. The van der Waals surface area contributed by atoms with Crippen molar-refractivity contribution in [3.8, 4) is 0 Å². The first-order valence-electron chi connectivity index (χ1n) is 8.20. The maximum absolute atomic E-state index is 12.8. The van der Waals surface area contributed by atoms with Crippen molar-refractivity contribution in [3.05, 3.63) is 40.1 Å². The molecule has 1 unspecified atom stereocenters. The Balaban J connectivity index is 2.75. The van der Waals surface area contributed by atoms with Crippen molar-refractivity contribution in [2.24, 2.45) is 0 Å². The molecule has 130 valence electrons. The van der Waals surface area contributed by atoms with Crippen LogP contribution in [0.15, 0.2) is 17.9 Å². The van der Waals surface area contributed by atoms with Gasteiger partial charge in [0.15, 0.2) is 0 Å². The number of ether oxygens (including phenoxy) is 2. The summed E-state index contributed by atoms with van der Waals surface area (Å²) in [7, 11) is 1.46. The molecule has 1 heterocycles. The van der Waals surface area contributed by atoms with Crippen LogP contribution in [0.5, 0.6) is 0 Å². The Morgan fingerprint density at radius 1 is 1.29 bits per heavy atom. The molecule has 1 atom stereocenters. The minimum Gasteiger partial charge on any atom is -0.460 e. The predicted molar refractivity (Wildman–Crippen MR) is 99.7 cm³/mol. The van der Waals surface area contributed by atoms with Crippen molar-refractivity contribution in [3.63, 3.8) is 0 Å². The van der Waals surface area contributed by atoms with Gasteiger partial charge in [0.1, 0.15) is 5.76 Å². The Kier molecular flexibility index (Phi) is 5.33. The van der Waals surface area contributed by atoms with Gasteiger partial charge in [-0.15, -0.1) is 0 Å². The first-order chi connectivity index (χ1) is 11.3. The van der Waals surface area contributed by atoms with Gasteiger partial charge in [-0.2, -0.15) is 0 Å². The smallest absolute Gasteiger partial charge is 0.357 e.